The molecule has 3 aromatic carbocycles. The number of benzene rings is 3. The van der Waals surface area contributed by atoms with Crippen LogP contribution in [0.1, 0.15) is 37.4 Å². The Morgan fingerprint density at radius 2 is 1.48 bits per heavy atom. The fraction of sp³-hybridized carbons (Fsp3) is 0.148. The van der Waals surface area contributed by atoms with E-state index in [1.54, 1.807) is 79.9 Å². The van der Waals surface area contributed by atoms with Gasteiger partial charge in [0, 0.05) is 22.8 Å². The molecule has 1 spiro atoms. The largest absolute Gasteiger partial charge is 0.497 e. The second-order valence-electron chi connectivity index (χ2n) is 7.97. The minimum absolute atomic E-state index is 0.0187. The van der Waals surface area contributed by atoms with Crippen molar-refractivity contribution in [2.24, 2.45) is 0 Å². The average Bonchev–Trinajstić information content (AvgIpc) is 2.86. The zero-order valence-corrected chi connectivity index (χ0v) is 18.2. The number of allylic oxidation sites excluding steroid dienone is 1. The number of rotatable bonds is 4. The molecule has 1 heterocycles. The molecule has 2 aliphatic rings. The number of methoxy groups -OCH3 is 2. The van der Waals surface area contributed by atoms with Crippen LogP contribution >= 0.6 is 0 Å². The van der Waals surface area contributed by atoms with Crippen molar-refractivity contribution in [3.8, 4) is 11.5 Å². The zero-order chi connectivity index (χ0) is 23.2. The molecular weight excluding hydrogens is 418 g/mol. The Labute approximate surface area is 191 Å². The van der Waals surface area contributed by atoms with E-state index in [1.165, 1.54) is 18.1 Å². The molecule has 0 fully saturated rings. The number of imide groups is 1. The molecule has 1 unspecified atom stereocenters. The van der Waals surface area contributed by atoms with Crippen LogP contribution in [0.2, 0.25) is 0 Å². The highest BCUT2D eigenvalue weighted by Crippen LogP contribution is 2.45. The molecule has 0 bridgehead atoms. The topological polar surface area (TPSA) is 72.9 Å². The summed E-state index contributed by atoms with van der Waals surface area (Å²) in [6, 6.07) is 19.4. The third kappa shape index (κ3) is 2.98. The Bertz CT molecular complexity index is 1340. The Kier molecular flexibility index (Phi) is 4.86. The summed E-state index contributed by atoms with van der Waals surface area (Å²) in [5.41, 5.74) is 1.44. The van der Waals surface area contributed by atoms with Crippen molar-refractivity contribution < 1.29 is 23.9 Å². The molecule has 3 aromatic rings. The molecule has 1 aliphatic carbocycles. The van der Waals surface area contributed by atoms with Gasteiger partial charge in [0.25, 0.3) is 5.91 Å². The Morgan fingerprint density at radius 3 is 2.18 bits per heavy atom. The highest BCUT2D eigenvalue weighted by atomic mass is 16.5. The molecule has 5 rings (SSSR count). The number of carbonyl (C=O) groups is 3. The molecule has 33 heavy (non-hydrogen) atoms. The van der Waals surface area contributed by atoms with Crippen molar-refractivity contribution in [1.82, 2.24) is 4.90 Å². The monoisotopic (exact) mass is 439 g/mol. The van der Waals surface area contributed by atoms with Gasteiger partial charge in [-0.25, -0.2) is 0 Å². The van der Waals surface area contributed by atoms with E-state index in [1.807, 2.05) is 0 Å². The molecule has 6 nitrogen and oxygen atoms in total. The van der Waals surface area contributed by atoms with Gasteiger partial charge >= 0.3 is 0 Å². The van der Waals surface area contributed by atoms with Gasteiger partial charge in [-0.15, -0.1) is 0 Å². The normalized spacial score (nSPS) is 18.8. The number of carbonyl (C=O) groups excluding carboxylic acids is 3. The third-order valence-electron chi connectivity index (χ3n) is 6.33. The van der Waals surface area contributed by atoms with Gasteiger partial charge in [0.1, 0.15) is 16.9 Å². The van der Waals surface area contributed by atoms with Crippen molar-refractivity contribution in [3.63, 3.8) is 0 Å². The zero-order valence-electron chi connectivity index (χ0n) is 18.2. The van der Waals surface area contributed by atoms with Crippen LogP contribution in [0.4, 0.5) is 0 Å². The van der Waals surface area contributed by atoms with E-state index in [2.05, 4.69) is 0 Å². The maximum atomic E-state index is 14.1. The molecule has 164 valence electrons. The SMILES string of the molecule is COc1ccc(CN2C(=O)c3ccccc3C3(C=CC(=O)c4ccccc43)C2=O)c(OC)c1. The summed E-state index contributed by atoms with van der Waals surface area (Å²) in [6.07, 6.45) is 3.06. The van der Waals surface area contributed by atoms with Crippen LogP contribution in [0.25, 0.3) is 0 Å². The van der Waals surface area contributed by atoms with Crippen LogP contribution in [0.15, 0.2) is 78.9 Å². The molecule has 0 aromatic heterocycles. The molecule has 1 atom stereocenters. The van der Waals surface area contributed by atoms with Gasteiger partial charge in [0.2, 0.25) is 5.91 Å². The molecule has 2 amide bonds. The lowest BCUT2D eigenvalue weighted by atomic mass is 9.65. The van der Waals surface area contributed by atoms with E-state index in [0.29, 0.717) is 39.3 Å². The van der Waals surface area contributed by atoms with Crippen LogP contribution in [-0.4, -0.2) is 36.7 Å². The Hall–Kier alpha value is -4.19. The van der Waals surface area contributed by atoms with E-state index >= 15 is 0 Å². The van der Waals surface area contributed by atoms with Crippen molar-refractivity contribution in [3.05, 3.63) is 107 Å². The Balaban J connectivity index is 1.70. The molecule has 6 heteroatoms. The summed E-state index contributed by atoms with van der Waals surface area (Å²) in [6.45, 7) is 0.0187. The minimum atomic E-state index is -1.27. The quantitative estimate of drug-likeness (QED) is 0.576. The summed E-state index contributed by atoms with van der Waals surface area (Å²) in [7, 11) is 3.08. The van der Waals surface area contributed by atoms with Gasteiger partial charge < -0.3 is 9.47 Å². The number of amides is 2. The lowest BCUT2D eigenvalue weighted by Crippen LogP contribution is -2.54. The lowest BCUT2D eigenvalue weighted by Gasteiger charge is -2.42. The lowest BCUT2D eigenvalue weighted by molar-refractivity contribution is -0.132. The van der Waals surface area contributed by atoms with Gasteiger partial charge in [0.15, 0.2) is 5.78 Å². The molecule has 0 saturated carbocycles. The maximum Gasteiger partial charge on any atom is 0.261 e. The highest BCUT2D eigenvalue weighted by Gasteiger charge is 2.52. The maximum absolute atomic E-state index is 14.1. The average molecular weight is 439 g/mol. The third-order valence-corrected chi connectivity index (χ3v) is 6.33. The van der Waals surface area contributed by atoms with Crippen LogP contribution in [-0.2, 0) is 16.8 Å². The number of hydrogen-bond acceptors (Lipinski definition) is 5. The molecule has 0 N–H and O–H groups in total. The standard InChI is InChI=1S/C27H21NO5/c1-32-18-12-11-17(24(15-18)33-2)16-28-25(30)20-8-4-6-10-22(20)27(26(28)31)14-13-23(29)19-7-3-5-9-21(19)27/h3-15H,16H2,1-2H3. The number of ketones is 1. The van der Waals surface area contributed by atoms with Gasteiger partial charge in [0.05, 0.1) is 20.8 Å². The minimum Gasteiger partial charge on any atom is -0.497 e. The summed E-state index contributed by atoms with van der Waals surface area (Å²) >= 11 is 0. The van der Waals surface area contributed by atoms with Crippen molar-refractivity contribution >= 4 is 17.6 Å². The number of nitrogens with zero attached hydrogens (tertiary/aromatic N) is 1. The van der Waals surface area contributed by atoms with Crippen molar-refractivity contribution in [2.45, 2.75) is 12.0 Å². The molecule has 0 radical (unpaired) electrons. The van der Waals surface area contributed by atoms with Crippen LogP contribution in [0, 0.1) is 0 Å². The highest BCUT2D eigenvalue weighted by molar-refractivity contribution is 6.19. The predicted molar refractivity (Wildman–Crippen MR) is 122 cm³/mol. The molecule has 1 aliphatic heterocycles. The van der Waals surface area contributed by atoms with Crippen molar-refractivity contribution in [2.75, 3.05) is 14.2 Å². The smallest absolute Gasteiger partial charge is 0.261 e. The van der Waals surface area contributed by atoms with Crippen LogP contribution in [0.3, 0.4) is 0 Å². The Morgan fingerprint density at radius 1 is 0.818 bits per heavy atom. The second-order valence-corrected chi connectivity index (χ2v) is 7.97. The number of fused-ring (bicyclic) bond motifs is 4. The molecular formula is C27H21NO5. The molecule has 0 saturated heterocycles. The summed E-state index contributed by atoms with van der Waals surface area (Å²) < 4.78 is 10.7. The fourth-order valence-corrected chi connectivity index (χ4v) is 4.72. The van der Waals surface area contributed by atoms with Crippen LogP contribution < -0.4 is 9.47 Å². The number of ether oxygens (including phenoxy) is 2. The second kappa shape index (κ2) is 7.74. The van der Waals surface area contributed by atoms with E-state index in [0.717, 1.165) is 0 Å². The van der Waals surface area contributed by atoms with E-state index < -0.39 is 11.3 Å². The van der Waals surface area contributed by atoms with E-state index in [-0.39, 0.29) is 18.2 Å². The first-order valence-electron chi connectivity index (χ1n) is 10.5. The van der Waals surface area contributed by atoms with Crippen molar-refractivity contribution in [1.29, 1.82) is 0 Å². The first-order chi connectivity index (χ1) is 16.0. The van der Waals surface area contributed by atoms with Gasteiger partial charge in [-0.2, -0.15) is 0 Å². The van der Waals surface area contributed by atoms with Crippen LogP contribution in [0.5, 0.6) is 11.5 Å². The first kappa shape index (κ1) is 20.7. The van der Waals surface area contributed by atoms with Gasteiger partial charge in [-0.05, 0) is 35.4 Å². The van der Waals surface area contributed by atoms with Gasteiger partial charge in [-0.1, -0.05) is 48.5 Å². The summed E-state index contributed by atoms with van der Waals surface area (Å²) in [5, 5.41) is 0. The van der Waals surface area contributed by atoms with E-state index in [4.69, 9.17) is 9.47 Å². The predicted octanol–water partition coefficient (Wildman–Crippen LogP) is 3.93. The fourth-order valence-electron chi connectivity index (χ4n) is 4.72. The summed E-state index contributed by atoms with van der Waals surface area (Å²) in [5.74, 6) is 0.165. The van der Waals surface area contributed by atoms with E-state index in [9.17, 15) is 14.4 Å². The first-order valence-corrected chi connectivity index (χ1v) is 10.5. The van der Waals surface area contributed by atoms with Gasteiger partial charge in [-0.3, -0.25) is 19.3 Å². The number of hydrogen-bond donors (Lipinski definition) is 0. The summed E-state index contributed by atoms with van der Waals surface area (Å²) in [4.78, 5) is 41.5.